The summed E-state index contributed by atoms with van der Waals surface area (Å²) in [6.45, 7) is 3.97. The molecule has 1 N–H and O–H groups in total. The first-order valence-electron chi connectivity index (χ1n) is 7.72. The lowest BCUT2D eigenvalue weighted by Crippen LogP contribution is -2.02. The second kappa shape index (κ2) is 6.13. The summed E-state index contributed by atoms with van der Waals surface area (Å²) in [5.41, 5.74) is 5.21. The van der Waals surface area contributed by atoms with Crippen LogP contribution in [0.25, 0.3) is 16.9 Å². The normalized spacial score (nSPS) is 10.7. The van der Waals surface area contributed by atoms with Crippen molar-refractivity contribution >= 4 is 5.97 Å². The Balaban J connectivity index is 2.23. The molecule has 0 bridgehead atoms. The van der Waals surface area contributed by atoms with Crippen LogP contribution in [0.5, 0.6) is 0 Å². The molecule has 0 aliphatic heterocycles. The van der Waals surface area contributed by atoms with Gasteiger partial charge >= 0.3 is 5.97 Å². The molecule has 1 aromatic heterocycles. The number of nitrogens with zero attached hydrogens (tertiary/aromatic N) is 1. The second-order valence-electron chi connectivity index (χ2n) is 5.56. The second-order valence-corrected chi connectivity index (χ2v) is 5.56. The third-order valence-electron chi connectivity index (χ3n) is 4.15. The number of rotatable bonds is 4. The fraction of sp³-hybridized carbons (Fsp3) is 0.150. The third kappa shape index (κ3) is 2.78. The Morgan fingerprint density at radius 3 is 2.26 bits per heavy atom. The quantitative estimate of drug-likeness (QED) is 0.758. The highest BCUT2D eigenvalue weighted by Crippen LogP contribution is 2.29. The summed E-state index contributed by atoms with van der Waals surface area (Å²) in [5.74, 6) is -0.899. The molecule has 3 nitrogen and oxygen atoms in total. The Morgan fingerprint density at radius 1 is 1.04 bits per heavy atom. The van der Waals surface area contributed by atoms with Crippen LogP contribution in [-0.4, -0.2) is 15.6 Å². The zero-order valence-corrected chi connectivity index (χ0v) is 13.3. The molecule has 0 aliphatic rings. The van der Waals surface area contributed by atoms with Crippen molar-refractivity contribution in [3.63, 3.8) is 0 Å². The molecule has 0 saturated carbocycles. The molecule has 0 aliphatic carbocycles. The molecule has 2 aromatic carbocycles. The van der Waals surface area contributed by atoms with Gasteiger partial charge in [-0.15, -0.1) is 0 Å². The van der Waals surface area contributed by atoms with Crippen LogP contribution in [0.2, 0.25) is 0 Å². The van der Waals surface area contributed by atoms with Gasteiger partial charge in [-0.2, -0.15) is 0 Å². The average Bonchev–Trinajstić information content (AvgIpc) is 2.93. The van der Waals surface area contributed by atoms with E-state index in [1.54, 1.807) is 6.07 Å². The Labute approximate surface area is 135 Å². The average molecular weight is 305 g/mol. The highest BCUT2D eigenvalue weighted by atomic mass is 16.4. The smallest absolute Gasteiger partial charge is 0.337 e. The van der Waals surface area contributed by atoms with E-state index in [0.717, 1.165) is 29.1 Å². The van der Waals surface area contributed by atoms with Gasteiger partial charge in [0.2, 0.25) is 0 Å². The fourth-order valence-corrected chi connectivity index (χ4v) is 2.86. The number of carbonyl (C=O) groups is 1. The van der Waals surface area contributed by atoms with Crippen molar-refractivity contribution < 1.29 is 9.90 Å². The van der Waals surface area contributed by atoms with Gasteiger partial charge in [-0.05, 0) is 42.7 Å². The molecule has 0 saturated heterocycles. The molecule has 23 heavy (non-hydrogen) atoms. The predicted octanol–water partition coefficient (Wildman–Crippen LogP) is 4.71. The molecule has 1 heterocycles. The van der Waals surface area contributed by atoms with Crippen molar-refractivity contribution in [1.82, 2.24) is 4.57 Å². The molecule has 0 spiro atoms. The summed E-state index contributed by atoms with van der Waals surface area (Å²) in [4.78, 5) is 11.5. The summed E-state index contributed by atoms with van der Waals surface area (Å²) in [6, 6.07) is 19.9. The Kier molecular flexibility index (Phi) is 4.02. The van der Waals surface area contributed by atoms with Crippen LogP contribution >= 0.6 is 0 Å². The minimum Gasteiger partial charge on any atom is -0.478 e. The first kappa shape index (κ1) is 15.1. The minimum atomic E-state index is -0.899. The van der Waals surface area contributed by atoms with Crippen LogP contribution in [0.15, 0.2) is 60.7 Å². The van der Waals surface area contributed by atoms with E-state index in [0.29, 0.717) is 5.56 Å². The zero-order valence-electron chi connectivity index (χ0n) is 13.3. The highest BCUT2D eigenvalue weighted by Gasteiger charge is 2.18. The standard InChI is InChI=1S/C20H19NO2/c1-3-15-9-11-17(12-10-15)21-14(2)18(20(22)23)13-19(21)16-7-5-4-6-8-16/h4-13H,3H2,1-2H3,(H,22,23). The lowest BCUT2D eigenvalue weighted by Gasteiger charge is -2.13. The summed E-state index contributed by atoms with van der Waals surface area (Å²) in [7, 11) is 0. The van der Waals surface area contributed by atoms with E-state index in [-0.39, 0.29) is 0 Å². The van der Waals surface area contributed by atoms with Gasteiger partial charge in [0.15, 0.2) is 0 Å². The molecule has 0 radical (unpaired) electrons. The van der Waals surface area contributed by atoms with Crippen molar-refractivity contribution in [2.75, 3.05) is 0 Å². The van der Waals surface area contributed by atoms with Gasteiger partial charge in [0.1, 0.15) is 0 Å². The SMILES string of the molecule is CCc1ccc(-n2c(-c3ccccc3)cc(C(=O)O)c2C)cc1. The molecule has 0 fully saturated rings. The van der Waals surface area contributed by atoms with Crippen LogP contribution < -0.4 is 0 Å². The minimum absolute atomic E-state index is 0.337. The number of carboxylic acid groups (broad SMARTS) is 1. The van der Waals surface area contributed by atoms with Gasteiger partial charge in [-0.1, -0.05) is 49.4 Å². The van der Waals surface area contributed by atoms with Crippen LogP contribution in [0.4, 0.5) is 0 Å². The van der Waals surface area contributed by atoms with E-state index in [2.05, 4.69) is 19.1 Å². The maximum Gasteiger partial charge on any atom is 0.337 e. The van der Waals surface area contributed by atoms with Gasteiger partial charge < -0.3 is 9.67 Å². The Hall–Kier alpha value is -2.81. The number of carboxylic acids is 1. The Bertz CT molecular complexity index is 830. The van der Waals surface area contributed by atoms with E-state index < -0.39 is 5.97 Å². The van der Waals surface area contributed by atoms with Crippen LogP contribution in [0, 0.1) is 6.92 Å². The molecular weight excluding hydrogens is 286 g/mol. The summed E-state index contributed by atoms with van der Waals surface area (Å²) >= 11 is 0. The number of aryl methyl sites for hydroxylation is 1. The van der Waals surface area contributed by atoms with Gasteiger partial charge in [-0.25, -0.2) is 4.79 Å². The van der Waals surface area contributed by atoms with Crippen LogP contribution in [0.1, 0.15) is 28.5 Å². The molecule has 3 rings (SSSR count). The van der Waals surface area contributed by atoms with Crippen molar-refractivity contribution in [2.24, 2.45) is 0 Å². The van der Waals surface area contributed by atoms with Gasteiger partial charge in [0.05, 0.1) is 11.3 Å². The van der Waals surface area contributed by atoms with Crippen molar-refractivity contribution in [3.8, 4) is 16.9 Å². The molecule has 116 valence electrons. The molecule has 3 aromatic rings. The third-order valence-corrected chi connectivity index (χ3v) is 4.15. The number of hydrogen-bond acceptors (Lipinski definition) is 1. The van der Waals surface area contributed by atoms with Crippen molar-refractivity contribution in [2.45, 2.75) is 20.3 Å². The van der Waals surface area contributed by atoms with Crippen LogP contribution in [-0.2, 0) is 6.42 Å². The molecule has 0 unspecified atom stereocenters. The maximum atomic E-state index is 11.5. The number of aromatic carboxylic acids is 1. The molecule has 3 heteroatoms. The lowest BCUT2D eigenvalue weighted by molar-refractivity contribution is 0.0696. The van der Waals surface area contributed by atoms with Crippen molar-refractivity contribution in [1.29, 1.82) is 0 Å². The monoisotopic (exact) mass is 305 g/mol. The zero-order chi connectivity index (χ0) is 16.4. The van der Waals surface area contributed by atoms with Gasteiger partial charge in [0, 0.05) is 11.4 Å². The van der Waals surface area contributed by atoms with Crippen LogP contribution in [0.3, 0.4) is 0 Å². The van der Waals surface area contributed by atoms with Gasteiger partial charge in [0.25, 0.3) is 0 Å². The highest BCUT2D eigenvalue weighted by molar-refractivity contribution is 5.91. The predicted molar refractivity (Wildman–Crippen MR) is 92.3 cm³/mol. The molecule has 0 amide bonds. The molecule has 0 atom stereocenters. The van der Waals surface area contributed by atoms with Crippen molar-refractivity contribution in [3.05, 3.63) is 77.5 Å². The summed E-state index contributed by atoms with van der Waals surface area (Å²) < 4.78 is 2.01. The topological polar surface area (TPSA) is 42.2 Å². The summed E-state index contributed by atoms with van der Waals surface area (Å²) in [6.07, 6.45) is 0.983. The maximum absolute atomic E-state index is 11.5. The van der Waals surface area contributed by atoms with E-state index >= 15 is 0 Å². The first-order chi connectivity index (χ1) is 11.1. The number of aromatic nitrogens is 1. The number of benzene rings is 2. The van der Waals surface area contributed by atoms with E-state index in [9.17, 15) is 9.90 Å². The van der Waals surface area contributed by atoms with E-state index in [1.807, 2.05) is 54.0 Å². The number of hydrogen-bond donors (Lipinski definition) is 1. The first-order valence-corrected chi connectivity index (χ1v) is 7.72. The van der Waals surface area contributed by atoms with E-state index in [1.165, 1.54) is 5.56 Å². The fourth-order valence-electron chi connectivity index (χ4n) is 2.86. The van der Waals surface area contributed by atoms with Gasteiger partial charge in [-0.3, -0.25) is 0 Å². The lowest BCUT2D eigenvalue weighted by atomic mass is 10.1. The summed E-state index contributed by atoms with van der Waals surface area (Å²) in [5, 5.41) is 9.47. The largest absolute Gasteiger partial charge is 0.478 e. The molecular formula is C20H19NO2. The van der Waals surface area contributed by atoms with E-state index in [4.69, 9.17) is 0 Å². The Morgan fingerprint density at radius 2 is 1.70 bits per heavy atom.